The summed E-state index contributed by atoms with van der Waals surface area (Å²) < 4.78 is 45.2. The molecule has 0 aromatic heterocycles. The molecular formula is C18H25FN2O6S. The molecule has 1 fully saturated rings. The van der Waals surface area contributed by atoms with Crippen LogP contribution >= 0.6 is 0 Å². The van der Waals surface area contributed by atoms with Crippen LogP contribution in [0.3, 0.4) is 0 Å². The number of aliphatic hydroxyl groups is 2. The minimum absolute atomic E-state index is 0.0111. The molecule has 0 bridgehead atoms. The Bertz CT molecular complexity index is 862. The topological polar surface area (TPSA) is 116 Å². The maximum absolute atomic E-state index is 14.0. The van der Waals surface area contributed by atoms with Crippen molar-refractivity contribution < 1.29 is 32.6 Å². The number of hydrogen-bond donors (Lipinski definition) is 3. The molecule has 3 N–H and O–H groups in total. The number of ether oxygens (including phenoxy) is 1. The Morgan fingerprint density at radius 2 is 2.14 bits per heavy atom. The molecule has 1 aromatic carbocycles. The van der Waals surface area contributed by atoms with E-state index in [1.807, 2.05) is 0 Å². The van der Waals surface area contributed by atoms with E-state index in [-0.39, 0.29) is 49.9 Å². The lowest BCUT2D eigenvalue weighted by Gasteiger charge is -2.41. The van der Waals surface area contributed by atoms with Crippen LogP contribution in [0.15, 0.2) is 12.1 Å². The number of rotatable bonds is 6. The van der Waals surface area contributed by atoms with Gasteiger partial charge in [-0.3, -0.25) is 4.79 Å². The van der Waals surface area contributed by atoms with Crippen LogP contribution < -0.4 is 10.1 Å². The summed E-state index contributed by atoms with van der Waals surface area (Å²) in [6.07, 6.45) is -0.336. The highest BCUT2D eigenvalue weighted by Crippen LogP contribution is 2.35. The molecule has 2 heterocycles. The summed E-state index contributed by atoms with van der Waals surface area (Å²) in [5, 5.41) is 23.6. The summed E-state index contributed by atoms with van der Waals surface area (Å²) >= 11 is 0. The molecule has 2 atom stereocenters. The highest BCUT2D eigenvalue weighted by Gasteiger charge is 2.44. The number of amides is 1. The minimum atomic E-state index is -3.47. The number of fused-ring (bicyclic) bond motifs is 1. The summed E-state index contributed by atoms with van der Waals surface area (Å²) in [6.45, 7) is 1.35. The van der Waals surface area contributed by atoms with Gasteiger partial charge in [-0.2, -0.15) is 4.31 Å². The maximum atomic E-state index is 14.0. The van der Waals surface area contributed by atoms with Crippen LogP contribution in [-0.2, 0) is 21.2 Å². The lowest BCUT2D eigenvalue weighted by molar-refractivity contribution is -0.126. The van der Waals surface area contributed by atoms with Gasteiger partial charge in [0, 0.05) is 25.1 Å². The first kappa shape index (κ1) is 21.0. The van der Waals surface area contributed by atoms with Gasteiger partial charge in [-0.25, -0.2) is 12.8 Å². The van der Waals surface area contributed by atoms with Gasteiger partial charge in [-0.05, 0) is 31.4 Å². The van der Waals surface area contributed by atoms with Crippen LogP contribution in [0, 0.1) is 5.82 Å². The molecule has 0 aliphatic carbocycles. The van der Waals surface area contributed by atoms with Gasteiger partial charge in [-0.1, -0.05) is 6.92 Å². The van der Waals surface area contributed by atoms with E-state index in [9.17, 15) is 27.8 Å². The molecule has 28 heavy (non-hydrogen) atoms. The van der Waals surface area contributed by atoms with E-state index < -0.39 is 27.5 Å². The predicted octanol–water partition coefficient (Wildman–Crippen LogP) is 0.627. The van der Waals surface area contributed by atoms with Crippen molar-refractivity contribution in [2.45, 2.75) is 44.3 Å². The van der Waals surface area contributed by atoms with E-state index in [0.717, 1.165) is 0 Å². The fourth-order valence-corrected chi connectivity index (χ4v) is 5.02. The molecule has 2 aliphatic heterocycles. The smallest absolute Gasteiger partial charge is 0.224 e. The van der Waals surface area contributed by atoms with Crippen LogP contribution in [0.2, 0.25) is 0 Å². The first-order chi connectivity index (χ1) is 13.2. The van der Waals surface area contributed by atoms with Crippen molar-refractivity contribution in [1.82, 2.24) is 4.31 Å². The molecular weight excluding hydrogens is 391 g/mol. The molecule has 2 aliphatic rings. The third-order valence-corrected chi connectivity index (χ3v) is 7.25. The molecule has 3 rings (SSSR count). The van der Waals surface area contributed by atoms with Crippen LogP contribution in [-0.4, -0.2) is 66.0 Å². The quantitative estimate of drug-likeness (QED) is 0.626. The van der Waals surface area contributed by atoms with Gasteiger partial charge in [0.15, 0.2) is 0 Å². The number of benzene rings is 1. The first-order valence-electron chi connectivity index (χ1n) is 9.28. The largest absolute Gasteiger partial charge is 0.490 e. The molecule has 10 heteroatoms. The Balaban J connectivity index is 1.70. The maximum Gasteiger partial charge on any atom is 0.224 e. The zero-order valence-corrected chi connectivity index (χ0v) is 16.5. The number of aliphatic hydroxyl groups excluding tert-OH is 1. The van der Waals surface area contributed by atoms with Crippen LogP contribution in [0.25, 0.3) is 0 Å². The second-order valence-electron chi connectivity index (χ2n) is 7.28. The number of carbonyl (C=O) groups excluding carboxylic acids is 1. The number of anilines is 1. The van der Waals surface area contributed by atoms with Crippen molar-refractivity contribution in [3.05, 3.63) is 23.5 Å². The molecule has 156 valence electrons. The summed E-state index contributed by atoms with van der Waals surface area (Å²) in [7, 11) is -3.47. The van der Waals surface area contributed by atoms with Gasteiger partial charge in [0.25, 0.3) is 0 Å². The summed E-state index contributed by atoms with van der Waals surface area (Å²) in [5.74, 6) is -0.540. The fraction of sp³-hybridized carbons (Fsp3) is 0.611. The van der Waals surface area contributed by atoms with Crippen molar-refractivity contribution >= 4 is 21.6 Å². The van der Waals surface area contributed by atoms with Crippen LogP contribution in [0.4, 0.5) is 10.1 Å². The number of nitrogens with one attached hydrogen (secondary N) is 1. The molecule has 0 spiro atoms. The Labute approximate surface area is 163 Å². The SMILES string of the molecule is CCCS(=O)(=O)N1CC[C@@](O)(COc2ccc(F)c3c2CCC(=O)N3)[C@H](O)C1. The standard InChI is InChI=1S/C18H25FN2O6S/c1-2-9-28(25,26)21-8-7-18(24,15(22)10-21)11-27-14-5-4-13(19)17-12(14)3-6-16(23)20-17/h4-5,15,22,24H,2-3,6-11H2,1H3,(H,20,23)/t15-,18-/m1/s1. The fourth-order valence-electron chi connectivity index (χ4n) is 3.51. The van der Waals surface area contributed by atoms with Gasteiger partial charge in [0.05, 0.1) is 17.5 Å². The van der Waals surface area contributed by atoms with Gasteiger partial charge in [0.2, 0.25) is 15.9 Å². The number of piperidine rings is 1. The van der Waals surface area contributed by atoms with Gasteiger partial charge < -0.3 is 20.3 Å². The third-order valence-electron chi connectivity index (χ3n) is 5.21. The zero-order valence-electron chi connectivity index (χ0n) is 15.6. The van der Waals surface area contributed by atoms with Crippen molar-refractivity contribution in [2.75, 3.05) is 30.8 Å². The summed E-state index contributed by atoms with van der Waals surface area (Å²) in [4.78, 5) is 11.5. The van der Waals surface area contributed by atoms with Gasteiger partial charge in [-0.15, -0.1) is 0 Å². The monoisotopic (exact) mass is 416 g/mol. The normalized spacial score (nSPS) is 25.9. The second-order valence-corrected chi connectivity index (χ2v) is 9.37. The number of halogens is 1. The van der Waals surface area contributed by atoms with E-state index in [1.54, 1.807) is 6.92 Å². The van der Waals surface area contributed by atoms with Crippen LogP contribution in [0.1, 0.15) is 31.7 Å². The van der Waals surface area contributed by atoms with Gasteiger partial charge in [0.1, 0.15) is 23.8 Å². The minimum Gasteiger partial charge on any atom is -0.490 e. The van der Waals surface area contributed by atoms with Crippen molar-refractivity contribution in [3.63, 3.8) is 0 Å². The average Bonchev–Trinajstić information content (AvgIpc) is 2.64. The number of hydrogen-bond acceptors (Lipinski definition) is 6. The van der Waals surface area contributed by atoms with E-state index in [2.05, 4.69) is 5.32 Å². The number of β-amino-alcohol motifs (C(OH)–C–C–N with tert-alkyl or cyclic N) is 1. The van der Waals surface area contributed by atoms with Gasteiger partial charge >= 0.3 is 0 Å². The van der Waals surface area contributed by atoms with E-state index in [0.29, 0.717) is 24.2 Å². The summed E-state index contributed by atoms with van der Waals surface area (Å²) in [6, 6.07) is 2.59. The molecule has 8 nitrogen and oxygen atoms in total. The number of nitrogens with zero attached hydrogens (tertiary/aromatic N) is 1. The molecule has 0 saturated carbocycles. The Morgan fingerprint density at radius 3 is 2.82 bits per heavy atom. The van der Waals surface area contributed by atoms with E-state index in [4.69, 9.17) is 4.74 Å². The van der Waals surface area contributed by atoms with E-state index in [1.165, 1.54) is 16.4 Å². The second kappa shape index (κ2) is 7.94. The predicted molar refractivity (Wildman–Crippen MR) is 100 cm³/mol. The average molecular weight is 416 g/mol. The highest BCUT2D eigenvalue weighted by molar-refractivity contribution is 7.89. The summed E-state index contributed by atoms with van der Waals surface area (Å²) in [5.41, 5.74) is -1.06. The van der Waals surface area contributed by atoms with Crippen molar-refractivity contribution in [3.8, 4) is 5.75 Å². The lowest BCUT2D eigenvalue weighted by atomic mass is 9.90. The van der Waals surface area contributed by atoms with Crippen LogP contribution in [0.5, 0.6) is 5.75 Å². The van der Waals surface area contributed by atoms with E-state index >= 15 is 0 Å². The molecule has 1 amide bonds. The number of sulfonamides is 1. The highest BCUT2D eigenvalue weighted by atomic mass is 32.2. The Hall–Kier alpha value is -1.75. The zero-order chi connectivity index (χ0) is 20.5. The Kier molecular flexibility index (Phi) is 5.95. The molecule has 0 unspecified atom stereocenters. The Morgan fingerprint density at radius 1 is 1.39 bits per heavy atom. The number of carbonyl (C=O) groups is 1. The molecule has 1 aromatic rings. The van der Waals surface area contributed by atoms with Crippen molar-refractivity contribution in [2.24, 2.45) is 0 Å². The van der Waals surface area contributed by atoms with Crippen molar-refractivity contribution in [1.29, 1.82) is 0 Å². The molecule has 1 saturated heterocycles. The third kappa shape index (κ3) is 4.14. The first-order valence-corrected chi connectivity index (χ1v) is 10.9. The molecule has 0 radical (unpaired) electrons. The lowest BCUT2D eigenvalue weighted by Crippen LogP contribution is -2.59.